The highest BCUT2D eigenvalue weighted by molar-refractivity contribution is 5.84. The number of nitrogens with one attached hydrogen (secondary N) is 1. The lowest BCUT2D eigenvalue weighted by molar-refractivity contribution is -0.384. The Morgan fingerprint density at radius 2 is 2.33 bits per heavy atom. The first kappa shape index (κ1) is 15.0. The number of benzene rings is 1. The van der Waals surface area contributed by atoms with Gasteiger partial charge in [0.1, 0.15) is 11.8 Å². The fraction of sp³-hybridized carbons (Fsp3) is 0.462. The van der Waals surface area contributed by atoms with E-state index in [4.69, 9.17) is 10.5 Å². The molecule has 8 nitrogen and oxygen atoms in total. The number of nitrogens with zero attached hydrogens (tertiary/aromatic N) is 2. The maximum atomic E-state index is 11.5. The summed E-state index contributed by atoms with van der Waals surface area (Å²) in [5.41, 5.74) is 5.90. The smallest absolute Gasteiger partial charge is 0.275 e. The highest BCUT2D eigenvalue weighted by atomic mass is 16.6. The van der Waals surface area contributed by atoms with Gasteiger partial charge in [-0.05, 0) is 6.92 Å². The third-order valence-electron chi connectivity index (χ3n) is 3.30. The third-order valence-corrected chi connectivity index (χ3v) is 3.30. The first-order chi connectivity index (χ1) is 10.0. The van der Waals surface area contributed by atoms with Gasteiger partial charge >= 0.3 is 0 Å². The molecule has 114 valence electrons. The summed E-state index contributed by atoms with van der Waals surface area (Å²) in [4.78, 5) is 23.9. The van der Waals surface area contributed by atoms with Crippen molar-refractivity contribution in [2.24, 2.45) is 5.73 Å². The van der Waals surface area contributed by atoms with E-state index in [0.717, 1.165) is 0 Å². The second kappa shape index (κ2) is 6.40. The zero-order valence-corrected chi connectivity index (χ0v) is 11.7. The lowest BCUT2D eigenvalue weighted by Gasteiger charge is -2.36. The number of anilines is 1. The number of piperazine rings is 1. The molecular weight excluding hydrogens is 276 g/mol. The molecule has 1 amide bonds. The second-order valence-corrected chi connectivity index (χ2v) is 4.69. The molecule has 2 rings (SSSR count). The van der Waals surface area contributed by atoms with E-state index >= 15 is 0 Å². The van der Waals surface area contributed by atoms with Crippen LogP contribution in [0.5, 0.6) is 5.75 Å². The average Bonchev–Trinajstić information content (AvgIpc) is 2.47. The molecule has 1 saturated heterocycles. The van der Waals surface area contributed by atoms with Crippen LogP contribution in [0.3, 0.4) is 0 Å². The largest absolute Gasteiger partial charge is 0.494 e. The maximum absolute atomic E-state index is 11.5. The number of ether oxygens (including phenoxy) is 1. The highest BCUT2D eigenvalue weighted by Gasteiger charge is 2.28. The molecule has 1 aromatic carbocycles. The van der Waals surface area contributed by atoms with Crippen LogP contribution in [-0.2, 0) is 4.79 Å². The second-order valence-electron chi connectivity index (χ2n) is 4.69. The molecule has 0 saturated carbocycles. The van der Waals surface area contributed by atoms with E-state index in [1.54, 1.807) is 17.9 Å². The van der Waals surface area contributed by atoms with Crippen LogP contribution in [0.2, 0.25) is 0 Å². The third kappa shape index (κ3) is 3.40. The van der Waals surface area contributed by atoms with E-state index in [1.165, 1.54) is 12.1 Å². The van der Waals surface area contributed by atoms with Gasteiger partial charge in [0, 0.05) is 37.5 Å². The van der Waals surface area contributed by atoms with Crippen LogP contribution in [0.15, 0.2) is 18.2 Å². The zero-order chi connectivity index (χ0) is 15.4. The summed E-state index contributed by atoms with van der Waals surface area (Å²) in [6.07, 6.45) is 0. The van der Waals surface area contributed by atoms with Gasteiger partial charge in [0.25, 0.3) is 5.69 Å². The van der Waals surface area contributed by atoms with Gasteiger partial charge in [-0.1, -0.05) is 0 Å². The number of nitro groups is 1. The summed E-state index contributed by atoms with van der Waals surface area (Å²) in [6, 6.07) is 3.96. The van der Waals surface area contributed by atoms with Gasteiger partial charge in [-0.15, -0.1) is 0 Å². The van der Waals surface area contributed by atoms with Gasteiger partial charge < -0.3 is 20.7 Å². The van der Waals surface area contributed by atoms with Crippen molar-refractivity contribution in [3.05, 3.63) is 28.3 Å². The molecule has 1 aliphatic rings. The van der Waals surface area contributed by atoms with Crippen molar-refractivity contribution in [3.8, 4) is 5.75 Å². The van der Waals surface area contributed by atoms with Crippen molar-refractivity contribution < 1.29 is 14.5 Å². The first-order valence-electron chi connectivity index (χ1n) is 6.72. The number of nitrogens with two attached hydrogens (primary N) is 1. The van der Waals surface area contributed by atoms with Crippen molar-refractivity contribution >= 4 is 17.3 Å². The lowest BCUT2D eigenvalue weighted by atomic mass is 10.1. The van der Waals surface area contributed by atoms with E-state index in [-0.39, 0.29) is 5.69 Å². The van der Waals surface area contributed by atoms with Crippen molar-refractivity contribution in [1.29, 1.82) is 0 Å². The van der Waals surface area contributed by atoms with E-state index in [2.05, 4.69) is 5.32 Å². The number of rotatable bonds is 5. The summed E-state index contributed by atoms with van der Waals surface area (Å²) in [5.74, 6) is -0.0601. The number of hydrogen-bond donors (Lipinski definition) is 2. The summed E-state index contributed by atoms with van der Waals surface area (Å²) < 4.78 is 5.36. The lowest BCUT2D eigenvalue weighted by Crippen LogP contribution is -2.57. The van der Waals surface area contributed by atoms with E-state index in [0.29, 0.717) is 37.7 Å². The number of primary amides is 1. The topological polar surface area (TPSA) is 111 Å². The number of non-ortho nitro benzene ring substituents is 1. The van der Waals surface area contributed by atoms with Gasteiger partial charge in [0.2, 0.25) is 5.91 Å². The van der Waals surface area contributed by atoms with Gasteiger partial charge in [-0.25, -0.2) is 0 Å². The minimum Gasteiger partial charge on any atom is -0.494 e. The van der Waals surface area contributed by atoms with Crippen LogP contribution < -0.4 is 20.7 Å². The van der Waals surface area contributed by atoms with Crippen LogP contribution in [-0.4, -0.2) is 43.1 Å². The van der Waals surface area contributed by atoms with Crippen molar-refractivity contribution in [3.63, 3.8) is 0 Å². The normalized spacial score (nSPS) is 18.3. The van der Waals surface area contributed by atoms with E-state index < -0.39 is 16.9 Å². The first-order valence-corrected chi connectivity index (χ1v) is 6.72. The molecule has 1 atom stereocenters. The number of carbonyl (C=O) groups excluding carboxylic acids is 1. The highest BCUT2D eigenvalue weighted by Crippen LogP contribution is 2.30. The Bertz CT molecular complexity index is 549. The van der Waals surface area contributed by atoms with Crippen LogP contribution in [0.4, 0.5) is 11.4 Å². The molecule has 1 aromatic rings. The number of hydrogen-bond acceptors (Lipinski definition) is 6. The fourth-order valence-corrected chi connectivity index (χ4v) is 2.36. The molecule has 1 heterocycles. The Hall–Kier alpha value is -2.35. The quantitative estimate of drug-likeness (QED) is 0.595. The minimum absolute atomic E-state index is 0.0716. The van der Waals surface area contributed by atoms with Gasteiger partial charge in [0.05, 0.1) is 17.6 Å². The van der Waals surface area contributed by atoms with Gasteiger partial charge in [-0.2, -0.15) is 0 Å². The average molecular weight is 294 g/mol. The zero-order valence-electron chi connectivity index (χ0n) is 11.7. The van der Waals surface area contributed by atoms with Crippen LogP contribution in [0, 0.1) is 10.1 Å². The summed E-state index contributed by atoms with van der Waals surface area (Å²) in [7, 11) is 0. The van der Waals surface area contributed by atoms with Crippen molar-refractivity contribution in [2.75, 3.05) is 31.1 Å². The molecule has 0 bridgehead atoms. The molecular formula is C13H18N4O4. The molecule has 1 unspecified atom stereocenters. The maximum Gasteiger partial charge on any atom is 0.275 e. The Kier molecular flexibility index (Phi) is 4.59. The number of amides is 1. The monoisotopic (exact) mass is 294 g/mol. The van der Waals surface area contributed by atoms with E-state index in [1.807, 2.05) is 0 Å². The molecule has 0 radical (unpaired) electrons. The van der Waals surface area contributed by atoms with Crippen molar-refractivity contribution in [1.82, 2.24) is 5.32 Å². The van der Waals surface area contributed by atoms with Crippen LogP contribution in [0.25, 0.3) is 0 Å². The Balaban J connectivity index is 2.40. The van der Waals surface area contributed by atoms with Crippen LogP contribution in [0.1, 0.15) is 6.92 Å². The number of nitro benzene ring substituents is 1. The molecule has 0 aliphatic carbocycles. The Morgan fingerprint density at radius 1 is 1.57 bits per heavy atom. The molecule has 3 N–H and O–H groups in total. The molecule has 1 fully saturated rings. The Morgan fingerprint density at radius 3 is 2.95 bits per heavy atom. The predicted molar refractivity (Wildman–Crippen MR) is 77.5 cm³/mol. The molecule has 1 aliphatic heterocycles. The summed E-state index contributed by atoms with van der Waals surface area (Å²) in [5, 5.41) is 14.1. The SMILES string of the molecule is CCOc1cc(N2CCNCC2C(N)=O)cc([N+](=O)[O-])c1. The van der Waals surface area contributed by atoms with Gasteiger partial charge in [0.15, 0.2) is 0 Å². The summed E-state index contributed by atoms with van der Waals surface area (Å²) in [6.45, 7) is 3.84. The molecule has 0 spiro atoms. The minimum atomic E-state index is -0.532. The van der Waals surface area contributed by atoms with Crippen LogP contribution >= 0.6 is 0 Å². The van der Waals surface area contributed by atoms with E-state index in [9.17, 15) is 14.9 Å². The number of carbonyl (C=O) groups is 1. The Labute approximate surface area is 122 Å². The van der Waals surface area contributed by atoms with Crippen molar-refractivity contribution in [2.45, 2.75) is 13.0 Å². The standard InChI is InChI=1S/C13H18N4O4/c1-2-21-11-6-9(5-10(7-11)17(19)20)16-4-3-15-8-12(16)13(14)18/h5-7,12,15H,2-4,8H2,1H3,(H2,14,18). The molecule has 8 heteroatoms. The molecule has 0 aromatic heterocycles. The van der Waals surface area contributed by atoms with Gasteiger partial charge in [-0.3, -0.25) is 14.9 Å². The summed E-state index contributed by atoms with van der Waals surface area (Å²) >= 11 is 0. The predicted octanol–water partition coefficient (Wildman–Crippen LogP) is 0.257. The fourth-order valence-electron chi connectivity index (χ4n) is 2.36. The molecule has 21 heavy (non-hydrogen) atoms.